The van der Waals surface area contributed by atoms with Gasteiger partial charge in [0, 0.05) is 28.3 Å². The zero-order valence-corrected chi connectivity index (χ0v) is 25.4. The second kappa shape index (κ2) is 14.8. The van der Waals surface area contributed by atoms with E-state index >= 15 is 0 Å². The van der Waals surface area contributed by atoms with Crippen molar-refractivity contribution in [1.29, 1.82) is 0 Å². The van der Waals surface area contributed by atoms with Gasteiger partial charge < -0.3 is 16.0 Å². The number of carbonyl (C=O) groups excluding carboxylic acids is 3. The minimum absolute atomic E-state index is 0.0411. The summed E-state index contributed by atoms with van der Waals surface area (Å²) in [6.45, 7) is 1.57. The number of amides is 3. The molecule has 4 aromatic carbocycles. The number of non-ortho nitro benzene ring substituents is 1. The van der Waals surface area contributed by atoms with Crippen LogP contribution in [0.1, 0.15) is 28.4 Å². The standard InChI is InChI=1S/C32H24ClF3N4O5S/c1-19(29(41)38-27-18-22(32(34,35)36)9-16-26(27)33)46-25-14-10-23(11-15-25)37-31(43)28(39-30(42)21-5-3-2-4-6-21)17-20-7-12-24(13-8-20)40(44)45/h2-19H,1H3,(H,37,43)(H,38,41)(H,39,42)/b28-17-. The molecule has 0 spiro atoms. The molecule has 4 aromatic rings. The molecule has 0 fully saturated rings. The molecule has 3 N–H and O–H groups in total. The lowest BCUT2D eigenvalue weighted by Crippen LogP contribution is -2.30. The second-order valence-corrected chi connectivity index (χ2v) is 11.5. The van der Waals surface area contributed by atoms with Crippen molar-refractivity contribution in [2.75, 3.05) is 10.6 Å². The molecular weight excluding hydrogens is 645 g/mol. The van der Waals surface area contributed by atoms with Crippen LogP contribution in [0, 0.1) is 10.1 Å². The average molecular weight is 669 g/mol. The molecule has 0 aromatic heterocycles. The summed E-state index contributed by atoms with van der Waals surface area (Å²) in [6, 6.07) is 22.7. The van der Waals surface area contributed by atoms with E-state index in [1.165, 1.54) is 30.3 Å². The molecule has 0 bridgehead atoms. The summed E-state index contributed by atoms with van der Waals surface area (Å²) in [5.74, 6) is -1.79. The minimum Gasteiger partial charge on any atom is -0.324 e. The number of nitrogens with one attached hydrogen (secondary N) is 3. The van der Waals surface area contributed by atoms with Crippen LogP contribution < -0.4 is 16.0 Å². The number of hydrogen-bond acceptors (Lipinski definition) is 6. The van der Waals surface area contributed by atoms with Crippen LogP contribution in [-0.4, -0.2) is 27.9 Å². The molecule has 46 heavy (non-hydrogen) atoms. The van der Waals surface area contributed by atoms with Crippen molar-refractivity contribution in [1.82, 2.24) is 5.32 Å². The molecule has 3 amide bonds. The molecule has 0 heterocycles. The number of halogens is 4. The van der Waals surface area contributed by atoms with Gasteiger partial charge in [-0.05, 0) is 85.3 Å². The normalized spacial score (nSPS) is 12.2. The highest BCUT2D eigenvalue weighted by Gasteiger charge is 2.31. The van der Waals surface area contributed by atoms with Gasteiger partial charge in [0.1, 0.15) is 5.70 Å². The van der Waals surface area contributed by atoms with Crippen molar-refractivity contribution in [3.63, 3.8) is 0 Å². The number of rotatable bonds is 10. The van der Waals surface area contributed by atoms with Gasteiger partial charge in [-0.1, -0.05) is 29.8 Å². The number of carbonyl (C=O) groups is 3. The van der Waals surface area contributed by atoms with Crippen molar-refractivity contribution in [2.45, 2.75) is 23.2 Å². The number of nitro benzene ring substituents is 1. The Kier molecular flexibility index (Phi) is 10.8. The van der Waals surface area contributed by atoms with Gasteiger partial charge in [0.05, 0.1) is 26.4 Å². The maximum absolute atomic E-state index is 13.3. The maximum atomic E-state index is 13.3. The molecule has 0 radical (unpaired) electrons. The van der Waals surface area contributed by atoms with Crippen LogP contribution in [0.2, 0.25) is 5.02 Å². The van der Waals surface area contributed by atoms with E-state index in [2.05, 4.69) is 16.0 Å². The SMILES string of the molecule is CC(Sc1ccc(NC(=O)/C(=C/c2ccc([N+](=O)[O-])cc2)NC(=O)c2ccccc2)cc1)C(=O)Nc1cc(C(F)(F)F)ccc1Cl. The molecule has 9 nitrogen and oxygen atoms in total. The van der Waals surface area contributed by atoms with Crippen molar-refractivity contribution < 1.29 is 32.5 Å². The monoisotopic (exact) mass is 668 g/mol. The fourth-order valence-electron chi connectivity index (χ4n) is 3.91. The van der Waals surface area contributed by atoms with E-state index in [0.717, 1.165) is 30.0 Å². The molecule has 1 unspecified atom stereocenters. The first-order valence-corrected chi connectivity index (χ1v) is 14.6. The third-order valence-corrected chi connectivity index (χ3v) is 7.73. The van der Waals surface area contributed by atoms with Gasteiger partial charge in [0.15, 0.2) is 0 Å². The Bertz CT molecular complexity index is 1780. The second-order valence-electron chi connectivity index (χ2n) is 9.65. The molecule has 0 aliphatic heterocycles. The highest BCUT2D eigenvalue weighted by atomic mass is 35.5. The van der Waals surface area contributed by atoms with Gasteiger partial charge in [-0.2, -0.15) is 13.2 Å². The van der Waals surface area contributed by atoms with Crippen LogP contribution in [0.25, 0.3) is 6.08 Å². The Morgan fingerprint density at radius 1 is 0.913 bits per heavy atom. The zero-order chi connectivity index (χ0) is 33.4. The quantitative estimate of drug-likeness (QED) is 0.0684. The van der Waals surface area contributed by atoms with E-state index < -0.39 is 39.6 Å². The minimum atomic E-state index is -4.60. The van der Waals surface area contributed by atoms with E-state index in [1.54, 1.807) is 61.5 Å². The molecule has 0 saturated carbocycles. The molecule has 0 aliphatic rings. The summed E-state index contributed by atoms with van der Waals surface area (Å²) < 4.78 is 39.2. The fourth-order valence-corrected chi connectivity index (χ4v) is 4.94. The molecule has 1 atom stereocenters. The molecule has 14 heteroatoms. The number of anilines is 2. The first-order valence-electron chi connectivity index (χ1n) is 13.4. The molecule has 0 saturated heterocycles. The summed E-state index contributed by atoms with van der Waals surface area (Å²) in [5, 5.41) is 17.9. The average Bonchev–Trinajstić information content (AvgIpc) is 3.02. The molecule has 0 aliphatic carbocycles. The number of nitro groups is 1. The number of benzene rings is 4. The predicted octanol–water partition coefficient (Wildman–Crippen LogP) is 7.80. The van der Waals surface area contributed by atoms with Crippen LogP contribution in [0.5, 0.6) is 0 Å². The molecule has 236 valence electrons. The number of thioether (sulfide) groups is 1. The summed E-state index contributed by atoms with van der Waals surface area (Å²) >= 11 is 7.11. The van der Waals surface area contributed by atoms with Gasteiger partial charge in [-0.3, -0.25) is 24.5 Å². The van der Waals surface area contributed by atoms with Gasteiger partial charge in [-0.25, -0.2) is 0 Å². The number of nitrogens with zero attached hydrogens (tertiary/aromatic N) is 1. The Balaban J connectivity index is 1.44. The molecule has 4 rings (SSSR count). The summed E-state index contributed by atoms with van der Waals surface area (Å²) in [5.41, 5.74) is -0.292. The lowest BCUT2D eigenvalue weighted by molar-refractivity contribution is -0.384. The van der Waals surface area contributed by atoms with E-state index in [4.69, 9.17) is 11.6 Å². The van der Waals surface area contributed by atoms with Gasteiger partial charge >= 0.3 is 6.18 Å². The van der Waals surface area contributed by atoms with Crippen molar-refractivity contribution in [2.24, 2.45) is 0 Å². The highest BCUT2D eigenvalue weighted by Crippen LogP contribution is 2.34. The van der Waals surface area contributed by atoms with Gasteiger partial charge in [0.2, 0.25) is 5.91 Å². The van der Waals surface area contributed by atoms with Gasteiger partial charge in [-0.15, -0.1) is 11.8 Å². The van der Waals surface area contributed by atoms with Crippen LogP contribution in [0.15, 0.2) is 108 Å². The third kappa shape index (κ3) is 9.19. The third-order valence-electron chi connectivity index (χ3n) is 6.29. The summed E-state index contributed by atoms with van der Waals surface area (Å²) in [7, 11) is 0. The number of hydrogen-bond donors (Lipinski definition) is 3. The summed E-state index contributed by atoms with van der Waals surface area (Å²) in [6.07, 6.45) is -3.22. The molecular formula is C32H24ClF3N4O5S. The predicted molar refractivity (Wildman–Crippen MR) is 170 cm³/mol. The zero-order valence-electron chi connectivity index (χ0n) is 23.8. The van der Waals surface area contributed by atoms with Gasteiger partial charge in [0.25, 0.3) is 17.5 Å². The Morgan fingerprint density at radius 2 is 1.57 bits per heavy atom. The smallest absolute Gasteiger partial charge is 0.324 e. The van der Waals surface area contributed by atoms with Crippen LogP contribution >= 0.6 is 23.4 Å². The van der Waals surface area contributed by atoms with E-state index in [0.29, 0.717) is 21.7 Å². The number of alkyl halides is 3. The Morgan fingerprint density at radius 3 is 2.17 bits per heavy atom. The van der Waals surface area contributed by atoms with E-state index in [-0.39, 0.29) is 22.1 Å². The highest BCUT2D eigenvalue weighted by molar-refractivity contribution is 8.00. The first kappa shape index (κ1) is 33.7. The topological polar surface area (TPSA) is 130 Å². The first-order chi connectivity index (χ1) is 21.8. The fraction of sp³-hybridized carbons (Fsp3) is 0.0938. The van der Waals surface area contributed by atoms with Crippen molar-refractivity contribution in [3.05, 3.63) is 135 Å². The lowest BCUT2D eigenvalue weighted by Gasteiger charge is -2.15. The van der Waals surface area contributed by atoms with E-state index in [9.17, 15) is 37.7 Å². The lowest BCUT2D eigenvalue weighted by atomic mass is 10.1. The largest absolute Gasteiger partial charge is 0.416 e. The van der Waals surface area contributed by atoms with Crippen LogP contribution in [0.4, 0.5) is 30.2 Å². The maximum Gasteiger partial charge on any atom is 0.416 e. The van der Waals surface area contributed by atoms with E-state index in [1.807, 2.05) is 0 Å². The van der Waals surface area contributed by atoms with Crippen LogP contribution in [-0.2, 0) is 15.8 Å². The van der Waals surface area contributed by atoms with Crippen molar-refractivity contribution in [3.8, 4) is 0 Å². The summed E-state index contributed by atoms with van der Waals surface area (Å²) in [4.78, 5) is 49.9. The van der Waals surface area contributed by atoms with Crippen molar-refractivity contribution >= 4 is 64.2 Å². The Hall–Kier alpha value is -5.14. The van der Waals surface area contributed by atoms with Crippen LogP contribution in [0.3, 0.4) is 0 Å². The Labute approximate surface area is 270 Å².